The van der Waals surface area contributed by atoms with Crippen LogP contribution >= 0.6 is 0 Å². The van der Waals surface area contributed by atoms with Crippen LogP contribution < -0.4 is 0 Å². The minimum Gasteiger partial charge on any atom is -0.468 e. The Morgan fingerprint density at radius 3 is 2.22 bits per heavy atom. The highest BCUT2D eigenvalue weighted by molar-refractivity contribution is 5.94. The fraction of sp³-hybridized carbons (Fsp3) is 0.385. The van der Waals surface area contributed by atoms with Crippen LogP contribution in [0.3, 0.4) is 0 Å². The number of halogens is 1. The summed E-state index contributed by atoms with van der Waals surface area (Å²) in [6.45, 7) is 0. The maximum Gasteiger partial charge on any atom is 0.320 e. The highest BCUT2D eigenvalue weighted by Gasteiger charge is 2.28. The first-order chi connectivity index (χ1) is 8.60. The van der Waals surface area contributed by atoms with Crippen molar-refractivity contribution in [3.63, 3.8) is 0 Å². The van der Waals surface area contributed by atoms with E-state index in [2.05, 4.69) is 9.47 Å². The molecule has 0 aliphatic carbocycles. The molecule has 0 aromatic heterocycles. The topological polar surface area (TPSA) is 52.6 Å². The second-order valence-electron chi connectivity index (χ2n) is 3.73. The van der Waals surface area contributed by atoms with E-state index < -0.39 is 17.9 Å². The van der Waals surface area contributed by atoms with Crippen molar-refractivity contribution in [3.8, 4) is 0 Å². The van der Waals surface area contributed by atoms with Crippen LogP contribution in [0, 0.1) is 11.7 Å². The zero-order valence-corrected chi connectivity index (χ0v) is 10.3. The van der Waals surface area contributed by atoms with E-state index in [1.807, 2.05) is 0 Å². The Balaban J connectivity index is 2.71. The molecule has 5 heteroatoms. The van der Waals surface area contributed by atoms with Crippen LogP contribution in [0.1, 0.15) is 12.0 Å². The van der Waals surface area contributed by atoms with Crippen LogP contribution in [0.15, 0.2) is 24.3 Å². The average Bonchev–Trinajstić information content (AvgIpc) is 2.40. The van der Waals surface area contributed by atoms with Gasteiger partial charge in [0.2, 0.25) is 0 Å². The Kier molecular flexibility index (Phi) is 5.30. The molecule has 0 bridgehead atoms. The van der Waals surface area contributed by atoms with Crippen molar-refractivity contribution < 1.29 is 23.5 Å². The Morgan fingerprint density at radius 2 is 1.72 bits per heavy atom. The normalized spacial score (nSPS) is 10.2. The summed E-state index contributed by atoms with van der Waals surface area (Å²) in [5, 5.41) is 0. The van der Waals surface area contributed by atoms with Gasteiger partial charge in [-0.25, -0.2) is 4.39 Å². The lowest BCUT2D eigenvalue weighted by atomic mass is 9.99. The molecule has 0 saturated carbocycles. The third kappa shape index (κ3) is 3.55. The van der Waals surface area contributed by atoms with Gasteiger partial charge in [-0.2, -0.15) is 0 Å². The monoisotopic (exact) mass is 254 g/mol. The smallest absolute Gasteiger partial charge is 0.320 e. The first-order valence-corrected chi connectivity index (χ1v) is 5.49. The van der Waals surface area contributed by atoms with Gasteiger partial charge in [0.1, 0.15) is 5.82 Å². The molecular formula is C13H15FO4. The number of aryl methyl sites for hydroxylation is 1. The molecule has 0 spiro atoms. The van der Waals surface area contributed by atoms with Gasteiger partial charge < -0.3 is 9.47 Å². The second-order valence-corrected chi connectivity index (χ2v) is 3.73. The van der Waals surface area contributed by atoms with Gasteiger partial charge >= 0.3 is 11.9 Å². The molecule has 0 unspecified atom stereocenters. The molecule has 1 rings (SSSR count). The maximum atomic E-state index is 13.4. The zero-order valence-electron chi connectivity index (χ0n) is 10.3. The van der Waals surface area contributed by atoms with E-state index in [9.17, 15) is 14.0 Å². The molecule has 0 radical (unpaired) electrons. The van der Waals surface area contributed by atoms with Gasteiger partial charge in [-0.1, -0.05) is 18.2 Å². The molecule has 0 heterocycles. The van der Waals surface area contributed by atoms with Crippen LogP contribution in [-0.4, -0.2) is 26.2 Å². The van der Waals surface area contributed by atoms with Crippen molar-refractivity contribution in [2.45, 2.75) is 12.8 Å². The number of rotatable bonds is 5. The number of benzene rings is 1. The standard InChI is InChI=1S/C13H15FO4/c1-17-12(15)10(13(16)18-2)8-7-9-5-3-4-6-11(9)14/h3-6,10H,7-8H2,1-2H3. The molecule has 0 amide bonds. The predicted octanol–water partition coefficient (Wildman–Crippen LogP) is 1.72. The molecule has 0 atom stereocenters. The van der Waals surface area contributed by atoms with Gasteiger partial charge in [-0.3, -0.25) is 9.59 Å². The highest BCUT2D eigenvalue weighted by Crippen LogP contribution is 2.15. The average molecular weight is 254 g/mol. The Hall–Kier alpha value is -1.91. The number of ether oxygens (including phenoxy) is 2. The summed E-state index contributed by atoms with van der Waals surface area (Å²) in [5.74, 6) is -2.71. The third-order valence-electron chi connectivity index (χ3n) is 2.63. The van der Waals surface area contributed by atoms with Crippen LogP contribution in [0.5, 0.6) is 0 Å². The fourth-order valence-corrected chi connectivity index (χ4v) is 1.62. The lowest BCUT2D eigenvalue weighted by molar-refractivity contribution is -0.159. The van der Waals surface area contributed by atoms with E-state index in [-0.39, 0.29) is 18.7 Å². The number of esters is 2. The number of hydrogen-bond donors (Lipinski definition) is 0. The molecular weight excluding hydrogens is 239 g/mol. The summed E-state index contributed by atoms with van der Waals surface area (Å²) in [6.07, 6.45) is 0.418. The van der Waals surface area contributed by atoms with E-state index in [1.165, 1.54) is 20.3 Å². The summed E-state index contributed by atoms with van der Waals surface area (Å²) >= 11 is 0. The molecule has 1 aromatic carbocycles. The molecule has 98 valence electrons. The van der Waals surface area contributed by atoms with Gasteiger partial charge in [0.15, 0.2) is 5.92 Å². The first kappa shape index (κ1) is 14.2. The van der Waals surface area contributed by atoms with Crippen molar-refractivity contribution in [2.75, 3.05) is 14.2 Å². The Bertz CT molecular complexity index is 415. The minimum absolute atomic E-state index is 0.153. The summed E-state index contributed by atoms with van der Waals surface area (Å²) in [7, 11) is 2.39. The van der Waals surface area contributed by atoms with Crippen LogP contribution in [0.2, 0.25) is 0 Å². The molecule has 0 saturated heterocycles. The van der Waals surface area contributed by atoms with E-state index in [1.54, 1.807) is 18.2 Å². The SMILES string of the molecule is COC(=O)C(CCc1ccccc1F)C(=O)OC. The maximum absolute atomic E-state index is 13.4. The van der Waals surface area contributed by atoms with E-state index in [0.717, 1.165) is 0 Å². The number of methoxy groups -OCH3 is 2. The number of carbonyl (C=O) groups excluding carboxylic acids is 2. The van der Waals surface area contributed by atoms with Gasteiger partial charge in [0, 0.05) is 0 Å². The summed E-state index contributed by atoms with van der Waals surface area (Å²) in [4.78, 5) is 22.8. The lowest BCUT2D eigenvalue weighted by Crippen LogP contribution is -2.27. The van der Waals surface area contributed by atoms with Crippen LogP contribution in [-0.2, 0) is 25.5 Å². The number of carbonyl (C=O) groups is 2. The van der Waals surface area contributed by atoms with Gasteiger partial charge in [0.25, 0.3) is 0 Å². The van der Waals surface area contributed by atoms with Crippen molar-refractivity contribution in [2.24, 2.45) is 5.92 Å². The van der Waals surface area contributed by atoms with Crippen molar-refractivity contribution in [1.29, 1.82) is 0 Å². The van der Waals surface area contributed by atoms with Gasteiger partial charge in [0.05, 0.1) is 14.2 Å². The Labute approximate surface area is 105 Å². The van der Waals surface area contributed by atoms with Gasteiger partial charge in [-0.15, -0.1) is 0 Å². The van der Waals surface area contributed by atoms with Crippen LogP contribution in [0.4, 0.5) is 4.39 Å². The van der Waals surface area contributed by atoms with Crippen molar-refractivity contribution in [1.82, 2.24) is 0 Å². The molecule has 4 nitrogen and oxygen atoms in total. The molecule has 1 aromatic rings. The van der Waals surface area contributed by atoms with Crippen molar-refractivity contribution >= 4 is 11.9 Å². The Morgan fingerprint density at radius 1 is 1.17 bits per heavy atom. The highest BCUT2D eigenvalue weighted by atomic mass is 19.1. The van der Waals surface area contributed by atoms with Crippen LogP contribution in [0.25, 0.3) is 0 Å². The van der Waals surface area contributed by atoms with Gasteiger partial charge in [-0.05, 0) is 24.5 Å². The molecule has 0 aliphatic heterocycles. The minimum atomic E-state index is -1.01. The quantitative estimate of drug-likeness (QED) is 0.593. The summed E-state index contributed by atoms with van der Waals surface area (Å²) in [6, 6.07) is 6.22. The predicted molar refractivity (Wildman–Crippen MR) is 62.2 cm³/mol. The third-order valence-corrected chi connectivity index (χ3v) is 2.63. The largest absolute Gasteiger partial charge is 0.468 e. The second kappa shape index (κ2) is 6.74. The molecule has 0 aliphatic rings. The number of hydrogen-bond acceptors (Lipinski definition) is 4. The van der Waals surface area contributed by atoms with E-state index in [4.69, 9.17) is 0 Å². The van der Waals surface area contributed by atoms with Crippen molar-refractivity contribution in [3.05, 3.63) is 35.6 Å². The summed E-state index contributed by atoms with van der Waals surface area (Å²) in [5.41, 5.74) is 0.454. The van der Waals surface area contributed by atoms with E-state index in [0.29, 0.717) is 5.56 Å². The zero-order chi connectivity index (χ0) is 13.5. The molecule has 0 N–H and O–H groups in total. The fourth-order valence-electron chi connectivity index (χ4n) is 1.62. The molecule has 0 fully saturated rings. The first-order valence-electron chi connectivity index (χ1n) is 5.49. The summed E-state index contributed by atoms with van der Waals surface area (Å²) < 4.78 is 22.4. The van der Waals surface area contributed by atoms with E-state index >= 15 is 0 Å². The lowest BCUT2D eigenvalue weighted by Gasteiger charge is -2.12. The molecule has 18 heavy (non-hydrogen) atoms.